The molecule has 4 rings (SSSR count). The van der Waals surface area contributed by atoms with Gasteiger partial charge >= 0.3 is 0 Å². The summed E-state index contributed by atoms with van der Waals surface area (Å²) in [5.41, 5.74) is 2.11. The standard InChI is InChI=1S/C17H11ClN2OS2/c1-9-13-15(18)19-16(12-3-2-8-22-12)20-17(13)23-14(9)10-4-6-11(21)7-5-10/h2-8,21H,1H3. The number of nitrogens with zero attached hydrogens (tertiary/aromatic N) is 2. The molecule has 0 aliphatic rings. The van der Waals surface area contributed by atoms with Crippen LogP contribution in [0.2, 0.25) is 5.15 Å². The minimum atomic E-state index is 0.255. The highest BCUT2D eigenvalue weighted by atomic mass is 35.5. The fourth-order valence-electron chi connectivity index (χ4n) is 2.49. The van der Waals surface area contributed by atoms with Crippen LogP contribution in [0.25, 0.3) is 31.4 Å². The lowest BCUT2D eigenvalue weighted by atomic mass is 10.1. The van der Waals surface area contributed by atoms with Crippen molar-refractivity contribution in [1.29, 1.82) is 0 Å². The smallest absolute Gasteiger partial charge is 0.172 e. The zero-order valence-corrected chi connectivity index (χ0v) is 14.5. The van der Waals surface area contributed by atoms with Gasteiger partial charge in [-0.3, -0.25) is 0 Å². The van der Waals surface area contributed by atoms with Gasteiger partial charge in [0.05, 0.1) is 10.3 Å². The normalized spacial score (nSPS) is 11.2. The van der Waals surface area contributed by atoms with Crippen molar-refractivity contribution < 1.29 is 5.11 Å². The molecule has 3 aromatic heterocycles. The summed E-state index contributed by atoms with van der Waals surface area (Å²) in [5.74, 6) is 0.918. The van der Waals surface area contributed by atoms with E-state index in [0.717, 1.165) is 31.1 Å². The Balaban J connectivity index is 1.93. The van der Waals surface area contributed by atoms with Crippen molar-refractivity contribution in [1.82, 2.24) is 9.97 Å². The SMILES string of the molecule is Cc1c(-c2ccc(O)cc2)sc2nc(-c3cccs3)nc(Cl)c12. The van der Waals surface area contributed by atoms with Crippen LogP contribution >= 0.6 is 34.3 Å². The molecule has 0 aliphatic carbocycles. The first-order chi connectivity index (χ1) is 11.1. The summed E-state index contributed by atoms with van der Waals surface area (Å²) in [5, 5.41) is 12.8. The summed E-state index contributed by atoms with van der Waals surface area (Å²) < 4.78 is 0. The number of hydrogen-bond acceptors (Lipinski definition) is 5. The molecule has 3 heterocycles. The zero-order chi connectivity index (χ0) is 16.0. The molecule has 0 unspecified atom stereocenters. The van der Waals surface area contributed by atoms with Gasteiger partial charge in [-0.15, -0.1) is 22.7 Å². The number of benzene rings is 1. The number of halogens is 1. The van der Waals surface area contributed by atoms with Crippen molar-refractivity contribution in [3.63, 3.8) is 0 Å². The largest absolute Gasteiger partial charge is 0.508 e. The maximum absolute atomic E-state index is 9.46. The first-order valence-corrected chi connectivity index (χ1v) is 9.01. The van der Waals surface area contributed by atoms with Crippen LogP contribution in [0, 0.1) is 6.92 Å². The second-order valence-electron chi connectivity index (χ2n) is 5.10. The molecule has 1 aromatic carbocycles. The van der Waals surface area contributed by atoms with Gasteiger partial charge in [-0.05, 0) is 53.8 Å². The Hall–Kier alpha value is -1.95. The number of hydrogen-bond donors (Lipinski definition) is 1. The summed E-state index contributed by atoms with van der Waals surface area (Å²) in [7, 11) is 0. The van der Waals surface area contributed by atoms with E-state index in [4.69, 9.17) is 11.6 Å². The molecule has 0 fully saturated rings. The number of aryl methyl sites for hydroxylation is 1. The van der Waals surface area contributed by atoms with Gasteiger partial charge in [-0.25, -0.2) is 9.97 Å². The van der Waals surface area contributed by atoms with E-state index in [-0.39, 0.29) is 5.75 Å². The van der Waals surface area contributed by atoms with Crippen LogP contribution in [0.1, 0.15) is 5.56 Å². The van der Waals surface area contributed by atoms with E-state index in [9.17, 15) is 5.11 Å². The third kappa shape index (κ3) is 2.51. The molecule has 0 spiro atoms. The van der Waals surface area contributed by atoms with Crippen LogP contribution in [-0.4, -0.2) is 15.1 Å². The second kappa shape index (κ2) is 5.60. The maximum atomic E-state index is 9.46. The predicted molar refractivity (Wildman–Crippen MR) is 97.6 cm³/mol. The van der Waals surface area contributed by atoms with E-state index >= 15 is 0 Å². The van der Waals surface area contributed by atoms with Gasteiger partial charge in [0.1, 0.15) is 15.7 Å². The van der Waals surface area contributed by atoms with Gasteiger partial charge in [0, 0.05) is 4.88 Å². The van der Waals surface area contributed by atoms with E-state index in [2.05, 4.69) is 9.97 Å². The van der Waals surface area contributed by atoms with Crippen LogP contribution in [0.5, 0.6) is 5.75 Å². The molecule has 1 N–H and O–H groups in total. The number of rotatable bonds is 2. The Morgan fingerprint density at radius 2 is 1.87 bits per heavy atom. The van der Waals surface area contributed by atoms with Crippen molar-refractivity contribution >= 4 is 44.5 Å². The number of fused-ring (bicyclic) bond motifs is 1. The van der Waals surface area contributed by atoms with E-state index in [1.807, 2.05) is 36.6 Å². The van der Waals surface area contributed by atoms with Crippen LogP contribution < -0.4 is 0 Å². The lowest BCUT2D eigenvalue weighted by Gasteiger charge is -2.01. The average Bonchev–Trinajstić information content (AvgIpc) is 3.16. The Morgan fingerprint density at radius 3 is 2.57 bits per heavy atom. The third-order valence-corrected chi connectivity index (χ3v) is 5.99. The summed E-state index contributed by atoms with van der Waals surface area (Å²) >= 11 is 9.62. The van der Waals surface area contributed by atoms with E-state index < -0.39 is 0 Å². The molecule has 3 nitrogen and oxygen atoms in total. The third-order valence-electron chi connectivity index (χ3n) is 3.62. The Morgan fingerprint density at radius 1 is 1.09 bits per heavy atom. The minimum Gasteiger partial charge on any atom is -0.508 e. The first kappa shape index (κ1) is 14.6. The molecule has 4 aromatic rings. The highest BCUT2D eigenvalue weighted by Crippen LogP contribution is 2.41. The van der Waals surface area contributed by atoms with Gasteiger partial charge in [0.15, 0.2) is 5.82 Å². The topological polar surface area (TPSA) is 46.0 Å². The molecular formula is C17H11ClN2OS2. The molecule has 23 heavy (non-hydrogen) atoms. The second-order valence-corrected chi connectivity index (χ2v) is 7.40. The lowest BCUT2D eigenvalue weighted by Crippen LogP contribution is -1.88. The van der Waals surface area contributed by atoms with E-state index in [0.29, 0.717) is 11.0 Å². The molecule has 0 saturated carbocycles. The number of aromatic nitrogens is 2. The van der Waals surface area contributed by atoms with Crippen LogP contribution in [0.3, 0.4) is 0 Å². The fraction of sp³-hybridized carbons (Fsp3) is 0.0588. The van der Waals surface area contributed by atoms with Crippen molar-refractivity contribution in [2.24, 2.45) is 0 Å². The Kier molecular flexibility index (Phi) is 3.56. The van der Waals surface area contributed by atoms with Crippen LogP contribution in [-0.2, 0) is 0 Å². The molecular weight excluding hydrogens is 348 g/mol. The van der Waals surface area contributed by atoms with Crippen LogP contribution in [0.15, 0.2) is 41.8 Å². The number of thiophene rings is 2. The van der Waals surface area contributed by atoms with Crippen LogP contribution in [0.4, 0.5) is 0 Å². The minimum absolute atomic E-state index is 0.255. The monoisotopic (exact) mass is 358 g/mol. The van der Waals surface area contributed by atoms with Gasteiger partial charge in [-0.2, -0.15) is 0 Å². The molecule has 0 bridgehead atoms. The molecule has 0 amide bonds. The number of phenols is 1. The van der Waals surface area contributed by atoms with Crippen molar-refractivity contribution in [2.45, 2.75) is 6.92 Å². The zero-order valence-electron chi connectivity index (χ0n) is 12.1. The quantitative estimate of drug-likeness (QED) is 0.464. The fourth-order valence-corrected chi connectivity index (χ4v) is 4.71. The van der Waals surface area contributed by atoms with Gasteiger partial charge in [-0.1, -0.05) is 17.7 Å². The number of aromatic hydroxyl groups is 1. The van der Waals surface area contributed by atoms with Gasteiger partial charge in [0.25, 0.3) is 0 Å². The van der Waals surface area contributed by atoms with Gasteiger partial charge < -0.3 is 5.11 Å². The summed E-state index contributed by atoms with van der Waals surface area (Å²) in [4.78, 5) is 12.1. The molecule has 6 heteroatoms. The number of phenolic OH excluding ortho intramolecular Hbond substituents is 1. The molecule has 0 aliphatic heterocycles. The lowest BCUT2D eigenvalue weighted by molar-refractivity contribution is 0.475. The first-order valence-electron chi connectivity index (χ1n) is 6.93. The average molecular weight is 359 g/mol. The molecule has 0 radical (unpaired) electrons. The Labute approximate surface area is 145 Å². The molecule has 0 saturated heterocycles. The van der Waals surface area contributed by atoms with Crippen molar-refractivity contribution in [2.75, 3.05) is 0 Å². The molecule has 114 valence electrons. The van der Waals surface area contributed by atoms with Crippen molar-refractivity contribution in [3.8, 4) is 26.9 Å². The van der Waals surface area contributed by atoms with Gasteiger partial charge in [0.2, 0.25) is 0 Å². The van der Waals surface area contributed by atoms with E-state index in [1.165, 1.54) is 0 Å². The summed E-state index contributed by atoms with van der Waals surface area (Å²) in [6.45, 7) is 2.03. The summed E-state index contributed by atoms with van der Waals surface area (Å²) in [6.07, 6.45) is 0. The maximum Gasteiger partial charge on any atom is 0.172 e. The summed E-state index contributed by atoms with van der Waals surface area (Å²) in [6, 6.07) is 11.1. The highest BCUT2D eigenvalue weighted by molar-refractivity contribution is 7.22. The Bertz CT molecular complexity index is 992. The van der Waals surface area contributed by atoms with E-state index in [1.54, 1.807) is 34.8 Å². The molecule has 0 atom stereocenters. The highest BCUT2D eigenvalue weighted by Gasteiger charge is 2.17. The van der Waals surface area contributed by atoms with Crippen molar-refractivity contribution in [3.05, 3.63) is 52.5 Å². The predicted octanol–water partition coefficient (Wildman–Crippen LogP) is 5.75.